The van der Waals surface area contributed by atoms with Gasteiger partial charge in [0.05, 0.1) is 4.90 Å². The molecule has 0 radical (unpaired) electrons. The van der Waals surface area contributed by atoms with Gasteiger partial charge in [-0.1, -0.05) is 53.7 Å². The first-order valence-corrected chi connectivity index (χ1v) is 12.0. The monoisotopic (exact) mass is 405 g/mol. The molecule has 3 aliphatic rings. The second-order valence-electron chi connectivity index (χ2n) is 9.12. The van der Waals surface area contributed by atoms with Crippen LogP contribution in [0.15, 0.2) is 28.9 Å². The van der Waals surface area contributed by atoms with Crippen molar-refractivity contribution in [1.82, 2.24) is 15.2 Å². The van der Waals surface area contributed by atoms with E-state index in [2.05, 4.69) is 75.0 Å². The maximum Gasteiger partial charge on any atom is 0.257 e. The second kappa shape index (κ2) is 8.07. The number of hydrazine groups is 1. The van der Waals surface area contributed by atoms with Gasteiger partial charge in [0.1, 0.15) is 0 Å². The van der Waals surface area contributed by atoms with Gasteiger partial charge in [-0.25, -0.2) is 8.42 Å². The van der Waals surface area contributed by atoms with E-state index in [-0.39, 0.29) is 11.8 Å². The molecule has 0 aliphatic carbocycles. The van der Waals surface area contributed by atoms with Gasteiger partial charge in [-0.05, 0) is 47.3 Å². The zero-order valence-electron chi connectivity index (χ0n) is 18.0. The van der Waals surface area contributed by atoms with Crippen molar-refractivity contribution in [3.63, 3.8) is 0 Å². The van der Waals surface area contributed by atoms with E-state index < -0.39 is 10.0 Å². The first-order chi connectivity index (χ1) is 13.1. The number of benzene rings is 1. The fourth-order valence-electron chi connectivity index (χ4n) is 4.15. The van der Waals surface area contributed by atoms with E-state index in [0.717, 1.165) is 42.8 Å². The van der Waals surface area contributed by atoms with E-state index in [0.29, 0.717) is 16.7 Å². The molecule has 0 spiro atoms. The van der Waals surface area contributed by atoms with Gasteiger partial charge in [-0.15, -0.1) is 4.83 Å². The van der Waals surface area contributed by atoms with Crippen molar-refractivity contribution < 1.29 is 8.42 Å². The number of hydrogen-bond donors (Lipinski definition) is 2. The molecule has 0 atom stereocenters. The Labute approximate surface area is 170 Å². The summed E-state index contributed by atoms with van der Waals surface area (Å²) >= 11 is 0. The summed E-state index contributed by atoms with van der Waals surface area (Å²) in [6.07, 6.45) is 4.23. The lowest BCUT2D eigenvalue weighted by atomic mass is 9.89. The molecule has 1 saturated heterocycles. The number of hydrogen-bond acceptors (Lipinski definition) is 4. The van der Waals surface area contributed by atoms with E-state index in [9.17, 15) is 8.42 Å². The average Bonchev–Trinajstić information content (AvgIpc) is 2.66. The molecule has 2 N–H and O–H groups in total. The van der Waals surface area contributed by atoms with Crippen LogP contribution in [0.2, 0.25) is 0 Å². The Bertz CT molecular complexity index is 820. The summed E-state index contributed by atoms with van der Waals surface area (Å²) in [5.41, 5.74) is 7.01. The van der Waals surface area contributed by atoms with Crippen molar-refractivity contribution in [2.45, 2.75) is 77.0 Å². The highest BCUT2D eigenvalue weighted by Crippen LogP contribution is 2.35. The Balaban J connectivity index is 1.98. The summed E-state index contributed by atoms with van der Waals surface area (Å²) in [7, 11) is -3.69. The summed E-state index contributed by atoms with van der Waals surface area (Å²) in [4.78, 5) is 5.39. The molecule has 2 bridgehead atoms. The van der Waals surface area contributed by atoms with Gasteiger partial charge in [0.15, 0.2) is 0 Å². The molecule has 0 aromatic heterocycles. The normalized spacial score (nSPS) is 17.8. The Kier molecular flexibility index (Phi) is 6.11. The Morgan fingerprint density at radius 1 is 0.929 bits per heavy atom. The summed E-state index contributed by atoms with van der Waals surface area (Å²) in [6.45, 7) is 14.7. The van der Waals surface area contributed by atoms with Crippen LogP contribution in [-0.2, 0) is 10.0 Å². The first-order valence-electron chi connectivity index (χ1n) is 10.5. The predicted octanol–water partition coefficient (Wildman–Crippen LogP) is 4.41. The molecular weight excluding hydrogens is 370 g/mol. The highest BCUT2D eigenvalue weighted by Gasteiger charge is 2.30. The van der Waals surface area contributed by atoms with Gasteiger partial charge in [-0.2, -0.15) is 0 Å². The molecule has 0 unspecified atom stereocenters. The number of piperidine rings is 1. The van der Waals surface area contributed by atoms with Crippen LogP contribution in [0.5, 0.6) is 0 Å². The van der Waals surface area contributed by atoms with E-state index in [1.807, 2.05) is 0 Å². The van der Waals surface area contributed by atoms with Crippen LogP contribution in [0.25, 0.3) is 0 Å². The summed E-state index contributed by atoms with van der Waals surface area (Å²) in [6, 6.07) is 4.15. The van der Waals surface area contributed by atoms with Crippen LogP contribution in [-0.4, -0.2) is 26.4 Å². The molecule has 1 aromatic carbocycles. The fraction of sp³-hybridized carbons (Fsp3) is 0.636. The predicted molar refractivity (Wildman–Crippen MR) is 115 cm³/mol. The summed E-state index contributed by atoms with van der Waals surface area (Å²) in [5.74, 6) is 1.03. The van der Waals surface area contributed by atoms with Gasteiger partial charge in [0.2, 0.25) is 0 Å². The van der Waals surface area contributed by atoms with Crippen LogP contribution in [0, 0.1) is 5.92 Å². The second-order valence-corrected chi connectivity index (χ2v) is 10.7. The van der Waals surface area contributed by atoms with E-state index in [1.54, 1.807) is 0 Å². The maximum absolute atomic E-state index is 13.4. The minimum absolute atomic E-state index is 0.124. The van der Waals surface area contributed by atoms with Crippen LogP contribution < -0.4 is 10.3 Å². The number of sulfonamides is 1. The van der Waals surface area contributed by atoms with Crippen LogP contribution in [0.3, 0.4) is 0 Å². The number of fused-ring (bicyclic) bond motifs is 2. The highest BCUT2D eigenvalue weighted by atomic mass is 32.2. The SMILES string of the molecule is CC(C)c1cc(C(C)C)c(S(=O)(=O)NNC2=CN3CCC2CC3)c(C(C)C)c1. The molecule has 3 aliphatic heterocycles. The van der Waals surface area contributed by atoms with Gasteiger partial charge in [0.25, 0.3) is 10.0 Å². The zero-order valence-corrected chi connectivity index (χ0v) is 18.9. The Morgan fingerprint density at radius 2 is 1.46 bits per heavy atom. The molecule has 0 amide bonds. The minimum atomic E-state index is -3.69. The van der Waals surface area contributed by atoms with Crippen LogP contribution >= 0.6 is 0 Å². The van der Waals surface area contributed by atoms with E-state index in [1.165, 1.54) is 5.56 Å². The van der Waals surface area contributed by atoms with Gasteiger partial charge in [0, 0.05) is 30.9 Å². The zero-order chi connectivity index (χ0) is 20.6. The van der Waals surface area contributed by atoms with Crippen molar-refractivity contribution in [3.8, 4) is 0 Å². The molecule has 0 saturated carbocycles. The highest BCUT2D eigenvalue weighted by molar-refractivity contribution is 7.89. The van der Waals surface area contributed by atoms with E-state index >= 15 is 0 Å². The third-order valence-corrected chi connectivity index (χ3v) is 7.35. The standard InChI is InChI=1S/C22H35N3O2S/c1-14(2)18-11-19(15(3)4)22(20(12-18)16(5)6)28(26,27)24-23-21-13-25-9-7-17(21)8-10-25/h11-17,23-24H,7-10H2,1-6H3. The van der Waals surface area contributed by atoms with Crippen molar-refractivity contribution in [3.05, 3.63) is 40.7 Å². The molecule has 156 valence electrons. The Hall–Kier alpha value is -1.53. The lowest BCUT2D eigenvalue weighted by Crippen LogP contribution is -2.45. The summed E-state index contributed by atoms with van der Waals surface area (Å²) < 4.78 is 26.8. The Morgan fingerprint density at radius 3 is 1.86 bits per heavy atom. The quantitative estimate of drug-likeness (QED) is 0.660. The van der Waals surface area contributed by atoms with Gasteiger partial charge < -0.3 is 10.3 Å². The molecule has 28 heavy (non-hydrogen) atoms. The molecule has 1 fully saturated rings. The molecule has 4 rings (SSSR count). The van der Waals surface area contributed by atoms with Crippen molar-refractivity contribution >= 4 is 10.0 Å². The number of rotatable bonds is 7. The topological polar surface area (TPSA) is 61.4 Å². The molecular formula is C22H35N3O2S. The smallest absolute Gasteiger partial charge is 0.257 e. The lowest BCUT2D eigenvalue weighted by Gasteiger charge is -2.39. The van der Waals surface area contributed by atoms with Crippen molar-refractivity contribution in [2.75, 3.05) is 13.1 Å². The van der Waals surface area contributed by atoms with Crippen molar-refractivity contribution in [2.24, 2.45) is 5.92 Å². The van der Waals surface area contributed by atoms with Crippen molar-refractivity contribution in [1.29, 1.82) is 0 Å². The summed E-state index contributed by atoms with van der Waals surface area (Å²) in [5, 5.41) is 0. The fourth-order valence-corrected chi connectivity index (χ4v) is 5.72. The lowest BCUT2D eigenvalue weighted by molar-refractivity contribution is 0.219. The minimum Gasteiger partial charge on any atom is -0.376 e. The largest absolute Gasteiger partial charge is 0.376 e. The van der Waals surface area contributed by atoms with Crippen LogP contribution in [0.1, 0.15) is 88.8 Å². The third-order valence-electron chi connectivity index (χ3n) is 5.97. The van der Waals surface area contributed by atoms with E-state index in [4.69, 9.17) is 0 Å². The number of nitrogens with one attached hydrogen (secondary N) is 2. The molecule has 3 heterocycles. The molecule has 6 heteroatoms. The maximum atomic E-state index is 13.4. The van der Waals surface area contributed by atoms with Crippen LogP contribution in [0.4, 0.5) is 0 Å². The molecule has 1 aromatic rings. The number of nitrogens with zero attached hydrogens (tertiary/aromatic N) is 1. The average molecular weight is 406 g/mol. The van der Waals surface area contributed by atoms with Gasteiger partial charge >= 0.3 is 0 Å². The number of allylic oxidation sites excluding steroid dienone is 1. The third kappa shape index (κ3) is 4.23. The molecule has 5 nitrogen and oxygen atoms in total. The van der Waals surface area contributed by atoms with Gasteiger partial charge in [-0.3, -0.25) is 0 Å². The first kappa shape index (κ1) is 21.2.